The van der Waals surface area contributed by atoms with E-state index in [1.165, 1.54) is 6.26 Å². The summed E-state index contributed by atoms with van der Waals surface area (Å²) in [5, 5.41) is 4.08. The average molecular weight is 360 g/mol. The first-order valence-electron chi connectivity index (χ1n) is 7.88. The number of aromatic nitrogens is 3. The monoisotopic (exact) mass is 360 g/mol. The van der Waals surface area contributed by atoms with Crippen LogP contribution in [0.4, 0.5) is 0 Å². The second kappa shape index (κ2) is 7.20. The van der Waals surface area contributed by atoms with Gasteiger partial charge in [-0.15, -0.1) is 0 Å². The van der Waals surface area contributed by atoms with Crippen LogP contribution in [0.15, 0.2) is 59.4 Å². The summed E-state index contributed by atoms with van der Waals surface area (Å²) in [7, 11) is -3.09. The molecule has 0 aliphatic heterocycles. The summed E-state index contributed by atoms with van der Waals surface area (Å²) in [6.45, 7) is 0. The lowest BCUT2D eigenvalue weighted by atomic mass is 10.1. The summed E-state index contributed by atoms with van der Waals surface area (Å²) < 4.78 is 29.9. The molecule has 7 nitrogen and oxygen atoms in total. The molecule has 1 aromatic carbocycles. The van der Waals surface area contributed by atoms with Crippen molar-refractivity contribution in [1.29, 1.82) is 0 Å². The van der Waals surface area contributed by atoms with Crippen LogP contribution in [0.3, 0.4) is 0 Å². The maximum Gasteiger partial charge on any atom is 0.243 e. The van der Waals surface area contributed by atoms with Gasteiger partial charge in [0.25, 0.3) is 0 Å². The van der Waals surface area contributed by atoms with Gasteiger partial charge in [0, 0.05) is 18.6 Å². The van der Waals surface area contributed by atoms with Crippen LogP contribution in [-0.4, -0.2) is 35.1 Å². The van der Waals surface area contributed by atoms with Crippen molar-refractivity contribution >= 4 is 9.84 Å². The van der Waals surface area contributed by atoms with Crippen molar-refractivity contribution in [3.8, 4) is 0 Å². The fraction of sp³-hybridized carbons (Fsp3) is 0.294. The molecule has 3 aromatic rings. The van der Waals surface area contributed by atoms with Crippen LogP contribution in [0.2, 0.25) is 0 Å². The molecule has 2 aromatic heterocycles. The Balaban J connectivity index is 1.87. The Morgan fingerprint density at radius 3 is 2.48 bits per heavy atom. The minimum atomic E-state index is -3.09. The molecule has 8 heteroatoms. The third kappa shape index (κ3) is 4.34. The number of nitrogens with two attached hydrogens (primary N) is 1. The number of sulfone groups is 1. The Morgan fingerprint density at radius 2 is 1.84 bits per heavy atom. The Labute approximate surface area is 146 Å². The standard InChI is InChI=1S/C17H20N4O3S/c1-25(22,23)12-9-14(18)17-19-16(20-24-17)15(21-10-5-6-11-21)13-7-3-2-4-8-13/h2-8,10-11,14-15H,9,12,18H2,1H3. The van der Waals surface area contributed by atoms with Crippen LogP contribution >= 0.6 is 0 Å². The maximum atomic E-state index is 11.3. The second-order valence-corrected chi connectivity index (χ2v) is 8.22. The van der Waals surface area contributed by atoms with Crippen LogP contribution in [0.5, 0.6) is 0 Å². The van der Waals surface area contributed by atoms with Gasteiger partial charge in [0.2, 0.25) is 5.89 Å². The highest BCUT2D eigenvalue weighted by molar-refractivity contribution is 7.90. The van der Waals surface area contributed by atoms with E-state index in [4.69, 9.17) is 10.3 Å². The molecule has 0 fully saturated rings. The van der Waals surface area contributed by atoms with Gasteiger partial charge in [-0.2, -0.15) is 4.98 Å². The Kier molecular flexibility index (Phi) is 5.00. The average Bonchev–Trinajstić information content (AvgIpc) is 3.26. The van der Waals surface area contributed by atoms with Crippen LogP contribution in [0.25, 0.3) is 0 Å². The number of nitrogens with zero attached hydrogens (tertiary/aromatic N) is 3. The van der Waals surface area contributed by atoms with E-state index < -0.39 is 15.9 Å². The molecule has 2 atom stereocenters. The predicted octanol–water partition coefficient (Wildman–Crippen LogP) is 1.94. The van der Waals surface area contributed by atoms with Gasteiger partial charge in [-0.25, -0.2) is 8.42 Å². The van der Waals surface area contributed by atoms with E-state index in [1.807, 2.05) is 59.4 Å². The first kappa shape index (κ1) is 17.4. The highest BCUT2D eigenvalue weighted by atomic mass is 32.2. The summed E-state index contributed by atoms with van der Waals surface area (Å²) in [6.07, 6.45) is 5.27. The molecule has 2 N–H and O–H groups in total. The SMILES string of the molecule is CS(=O)(=O)CCC(N)c1nc(C(c2ccccc2)n2cccc2)no1. The number of rotatable bonds is 7. The van der Waals surface area contributed by atoms with Gasteiger partial charge in [0.05, 0.1) is 11.8 Å². The van der Waals surface area contributed by atoms with Crippen LogP contribution in [0, 0.1) is 0 Å². The second-order valence-electron chi connectivity index (χ2n) is 5.96. The van der Waals surface area contributed by atoms with E-state index in [1.54, 1.807) is 0 Å². The molecule has 132 valence electrons. The summed E-state index contributed by atoms with van der Waals surface area (Å²) in [5.74, 6) is 0.699. The van der Waals surface area contributed by atoms with Crippen LogP contribution in [0.1, 0.15) is 35.8 Å². The third-order valence-electron chi connectivity index (χ3n) is 3.86. The molecule has 0 amide bonds. The van der Waals surface area contributed by atoms with Gasteiger partial charge in [-0.3, -0.25) is 0 Å². The minimum Gasteiger partial charge on any atom is -0.339 e. The zero-order valence-electron chi connectivity index (χ0n) is 13.8. The van der Waals surface area contributed by atoms with Crippen molar-refractivity contribution in [2.24, 2.45) is 5.73 Å². The lowest BCUT2D eigenvalue weighted by molar-refractivity contribution is 0.346. The fourth-order valence-electron chi connectivity index (χ4n) is 2.58. The van der Waals surface area contributed by atoms with Crippen molar-refractivity contribution in [3.05, 3.63) is 72.1 Å². The summed E-state index contributed by atoms with van der Waals surface area (Å²) in [6, 6.07) is 12.8. The fourth-order valence-corrected chi connectivity index (χ4v) is 3.27. The Bertz CT molecular complexity index is 905. The molecule has 0 saturated carbocycles. The predicted molar refractivity (Wildman–Crippen MR) is 93.7 cm³/mol. The summed E-state index contributed by atoms with van der Waals surface area (Å²) >= 11 is 0. The van der Waals surface area contributed by atoms with E-state index in [0.717, 1.165) is 5.56 Å². The molecule has 3 rings (SSSR count). The van der Waals surface area contributed by atoms with Crippen molar-refractivity contribution in [3.63, 3.8) is 0 Å². The van der Waals surface area contributed by atoms with E-state index in [9.17, 15) is 8.42 Å². The highest BCUT2D eigenvalue weighted by Crippen LogP contribution is 2.25. The van der Waals surface area contributed by atoms with Crippen LogP contribution < -0.4 is 5.73 Å². The zero-order valence-corrected chi connectivity index (χ0v) is 14.6. The summed E-state index contributed by atoms with van der Waals surface area (Å²) in [5.41, 5.74) is 7.02. The number of benzene rings is 1. The maximum absolute atomic E-state index is 11.3. The van der Waals surface area contributed by atoms with Gasteiger partial charge in [-0.05, 0) is 24.1 Å². The van der Waals surface area contributed by atoms with Crippen molar-refractivity contribution in [2.45, 2.75) is 18.5 Å². The molecular weight excluding hydrogens is 340 g/mol. The van der Waals surface area contributed by atoms with E-state index in [-0.39, 0.29) is 24.1 Å². The topological polar surface area (TPSA) is 104 Å². The minimum absolute atomic E-state index is 0.0222. The molecule has 0 saturated heterocycles. The first-order valence-corrected chi connectivity index (χ1v) is 9.94. The summed E-state index contributed by atoms with van der Waals surface area (Å²) in [4.78, 5) is 4.43. The largest absolute Gasteiger partial charge is 0.339 e. The quantitative estimate of drug-likeness (QED) is 0.690. The normalized spacial score (nSPS) is 14.3. The highest BCUT2D eigenvalue weighted by Gasteiger charge is 2.24. The van der Waals surface area contributed by atoms with Gasteiger partial charge < -0.3 is 14.8 Å². The molecule has 0 bridgehead atoms. The van der Waals surface area contributed by atoms with Gasteiger partial charge in [-0.1, -0.05) is 35.5 Å². The van der Waals surface area contributed by atoms with Crippen molar-refractivity contribution in [2.75, 3.05) is 12.0 Å². The smallest absolute Gasteiger partial charge is 0.243 e. The zero-order chi connectivity index (χ0) is 17.9. The van der Waals surface area contributed by atoms with Gasteiger partial charge in [0.15, 0.2) is 5.82 Å². The molecule has 0 radical (unpaired) electrons. The van der Waals surface area contributed by atoms with E-state index in [2.05, 4.69) is 10.1 Å². The Hall–Kier alpha value is -2.45. The van der Waals surface area contributed by atoms with Gasteiger partial charge in [0.1, 0.15) is 15.9 Å². The van der Waals surface area contributed by atoms with Crippen molar-refractivity contribution in [1.82, 2.24) is 14.7 Å². The molecule has 0 aliphatic carbocycles. The van der Waals surface area contributed by atoms with E-state index in [0.29, 0.717) is 5.82 Å². The first-order chi connectivity index (χ1) is 11.9. The number of hydrogen-bond donors (Lipinski definition) is 1. The molecular formula is C17H20N4O3S. The molecule has 2 unspecified atom stereocenters. The molecule has 0 spiro atoms. The van der Waals surface area contributed by atoms with Gasteiger partial charge >= 0.3 is 0 Å². The molecule has 0 aliphatic rings. The van der Waals surface area contributed by atoms with Crippen molar-refractivity contribution < 1.29 is 12.9 Å². The van der Waals surface area contributed by atoms with E-state index >= 15 is 0 Å². The lowest BCUT2D eigenvalue weighted by Crippen LogP contribution is -2.17. The molecule has 2 heterocycles. The third-order valence-corrected chi connectivity index (χ3v) is 4.84. The Morgan fingerprint density at radius 1 is 1.16 bits per heavy atom. The lowest BCUT2D eigenvalue weighted by Gasteiger charge is -2.15. The number of hydrogen-bond acceptors (Lipinski definition) is 6. The van der Waals surface area contributed by atoms with Crippen LogP contribution in [-0.2, 0) is 9.84 Å². The molecule has 25 heavy (non-hydrogen) atoms.